The first-order valence-electron chi connectivity index (χ1n) is 4.48. The Morgan fingerprint density at radius 1 is 1.47 bits per heavy atom. The average Bonchev–Trinajstić information content (AvgIpc) is 2.62. The fourth-order valence-corrected chi connectivity index (χ4v) is 1.87. The molecular weight excluding hydrogens is 262 g/mol. The Bertz CT molecular complexity index is 417. The van der Waals surface area contributed by atoms with Crippen molar-refractivity contribution in [1.29, 1.82) is 0 Å². The van der Waals surface area contributed by atoms with Gasteiger partial charge in [0.1, 0.15) is 0 Å². The first-order valence-corrected chi connectivity index (χ1v) is 5.28. The molecule has 0 fully saturated rings. The van der Waals surface area contributed by atoms with Crippen LogP contribution in [0.15, 0.2) is 16.6 Å². The number of fused-ring (bicyclic) bond motifs is 1. The first kappa shape index (κ1) is 10.4. The molecule has 15 heavy (non-hydrogen) atoms. The Morgan fingerprint density at radius 3 is 2.67 bits per heavy atom. The summed E-state index contributed by atoms with van der Waals surface area (Å²) in [5.41, 5.74) is 6.06. The van der Waals surface area contributed by atoms with Gasteiger partial charge in [-0.1, -0.05) is 0 Å². The van der Waals surface area contributed by atoms with Crippen molar-refractivity contribution < 1.29 is 14.3 Å². The van der Waals surface area contributed by atoms with Crippen LogP contribution in [0.25, 0.3) is 0 Å². The molecular formula is C10H10BrNO3. The number of Topliss-reactive ketones (excluding diaryl/α,β-unsaturated/α-hetero) is 1. The number of ether oxygens (including phenoxy) is 2. The fourth-order valence-electron chi connectivity index (χ4n) is 1.35. The van der Waals surface area contributed by atoms with Crippen molar-refractivity contribution in [3.63, 3.8) is 0 Å². The highest BCUT2D eigenvalue weighted by molar-refractivity contribution is 9.10. The number of hydrogen-bond donors (Lipinski definition) is 1. The van der Waals surface area contributed by atoms with Crippen molar-refractivity contribution in [1.82, 2.24) is 0 Å². The van der Waals surface area contributed by atoms with Crippen LogP contribution in [0.4, 0.5) is 0 Å². The third kappa shape index (κ3) is 1.85. The maximum absolute atomic E-state index is 11.7. The van der Waals surface area contributed by atoms with Crippen LogP contribution >= 0.6 is 15.9 Å². The van der Waals surface area contributed by atoms with Crippen molar-refractivity contribution in [2.24, 2.45) is 5.73 Å². The minimum atomic E-state index is -0.526. The Hall–Kier alpha value is -1.07. The number of carbonyl (C=O) groups is 1. The number of carbonyl (C=O) groups excluding carboxylic acids is 1. The summed E-state index contributed by atoms with van der Waals surface area (Å²) in [6, 6.07) is 2.84. The van der Waals surface area contributed by atoms with E-state index in [0.717, 1.165) is 0 Å². The van der Waals surface area contributed by atoms with Gasteiger partial charge in [-0.3, -0.25) is 4.79 Å². The highest BCUT2D eigenvalue weighted by Gasteiger charge is 2.21. The zero-order valence-electron chi connectivity index (χ0n) is 8.12. The minimum absolute atomic E-state index is 0.125. The second-order valence-electron chi connectivity index (χ2n) is 3.34. The summed E-state index contributed by atoms with van der Waals surface area (Å²) in [6.45, 7) is 1.84. The van der Waals surface area contributed by atoms with Gasteiger partial charge in [-0.25, -0.2) is 0 Å². The lowest BCUT2D eigenvalue weighted by Crippen LogP contribution is -2.26. The molecule has 80 valence electrons. The van der Waals surface area contributed by atoms with E-state index in [1.165, 1.54) is 0 Å². The summed E-state index contributed by atoms with van der Waals surface area (Å²) in [5.74, 6) is 1.10. The SMILES string of the molecule is CC(N)C(=O)c1cc2c(cc1Br)OCO2. The monoisotopic (exact) mass is 271 g/mol. The van der Waals surface area contributed by atoms with E-state index in [1.54, 1.807) is 19.1 Å². The zero-order chi connectivity index (χ0) is 11.0. The standard InChI is InChI=1S/C10H10BrNO3/c1-5(12)10(13)6-2-8-9(3-7(6)11)15-4-14-8/h2-3,5H,4,12H2,1H3. The molecule has 1 heterocycles. The Balaban J connectivity index is 2.45. The van der Waals surface area contributed by atoms with E-state index < -0.39 is 6.04 Å². The van der Waals surface area contributed by atoms with Gasteiger partial charge in [0.15, 0.2) is 17.3 Å². The molecule has 0 saturated carbocycles. The van der Waals surface area contributed by atoms with Gasteiger partial charge < -0.3 is 15.2 Å². The summed E-state index contributed by atoms with van der Waals surface area (Å²) in [6.07, 6.45) is 0. The smallest absolute Gasteiger partial charge is 0.231 e. The van der Waals surface area contributed by atoms with Crippen LogP contribution in [0.2, 0.25) is 0 Å². The minimum Gasteiger partial charge on any atom is -0.454 e. The first-order chi connectivity index (χ1) is 7.09. The molecule has 1 aliphatic heterocycles. The van der Waals surface area contributed by atoms with E-state index in [4.69, 9.17) is 15.2 Å². The van der Waals surface area contributed by atoms with Gasteiger partial charge in [0, 0.05) is 10.0 Å². The summed E-state index contributed by atoms with van der Waals surface area (Å²) in [5, 5.41) is 0. The van der Waals surface area contributed by atoms with Crippen molar-refractivity contribution >= 4 is 21.7 Å². The summed E-state index contributed by atoms with van der Waals surface area (Å²) < 4.78 is 11.0. The van der Waals surface area contributed by atoms with Gasteiger partial charge >= 0.3 is 0 Å². The van der Waals surface area contributed by atoms with E-state index in [9.17, 15) is 4.79 Å². The second kappa shape index (κ2) is 3.83. The molecule has 0 aromatic heterocycles. The van der Waals surface area contributed by atoms with Gasteiger partial charge in [0.25, 0.3) is 0 Å². The lowest BCUT2D eigenvalue weighted by Gasteiger charge is -2.07. The molecule has 1 aromatic carbocycles. The van der Waals surface area contributed by atoms with Gasteiger partial charge in [-0.05, 0) is 35.0 Å². The zero-order valence-corrected chi connectivity index (χ0v) is 9.71. The fraction of sp³-hybridized carbons (Fsp3) is 0.300. The normalized spacial score (nSPS) is 15.1. The molecule has 1 aromatic rings. The van der Waals surface area contributed by atoms with Crippen molar-refractivity contribution in [3.8, 4) is 11.5 Å². The van der Waals surface area contributed by atoms with Crippen LogP contribution in [0.1, 0.15) is 17.3 Å². The maximum Gasteiger partial charge on any atom is 0.231 e. The van der Waals surface area contributed by atoms with E-state index in [1.807, 2.05) is 0 Å². The highest BCUT2D eigenvalue weighted by Crippen LogP contribution is 2.37. The topological polar surface area (TPSA) is 61.6 Å². The van der Waals surface area contributed by atoms with Crippen LogP contribution in [0.5, 0.6) is 11.5 Å². The number of halogens is 1. The molecule has 2 N–H and O–H groups in total. The van der Waals surface area contributed by atoms with Crippen LogP contribution < -0.4 is 15.2 Å². The maximum atomic E-state index is 11.7. The molecule has 4 nitrogen and oxygen atoms in total. The van der Waals surface area contributed by atoms with Crippen molar-refractivity contribution in [2.45, 2.75) is 13.0 Å². The lowest BCUT2D eigenvalue weighted by atomic mass is 10.1. The van der Waals surface area contributed by atoms with Gasteiger partial charge in [0.05, 0.1) is 6.04 Å². The van der Waals surface area contributed by atoms with E-state index in [0.29, 0.717) is 21.5 Å². The molecule has 0 saturated heterocycles. The Labute approximate surface area is 95.5 Å². The largest absolute Gasteiger partial charge is 0.454 e. The molecule has 2 rings (SSSR count). The molecule has 0 radical (unpaired) electrons. The molecule has 0 aliphatic carbocycles. The third-order valence-corrected chi connectivity index (χ3v) is 2.80. The Morgan fingerprint density at radius 2 is 2.07 bits per heavy atom. The van der Waals surface area contributed by atoms with Crippen molar-refractivity contribution in [2.75, 3.05) is 6.79 Å². The van der Waals surface area contributed by atoms with Crippen LogP contribution in [-0.4, -0.2) is 18.6 Å². The van der Waals surface area contributed by atoms with Crippen molar-refractivity contribution in [3.05, 3.63) is 22.2 Å². The quantitative estimate of drug-likeness (QED) is 0.832. The summed E-state index contributed by atoms with van der Waals surface area (Å²) >= 11 is 3.31. The summed E-state index contributed by atoms with van der Waals surface area (Å²) in [4.78, 5) is 11.7. The molecule has 5 heteroatoms. The van der Waals surface area contributed by atoms with Gasteiger partial charge in [-0.2, -0.15) is 0 Å². The molecule has 1 atom stereocenters. The third-order valence-electron chi connectivity index (χ3n) is 2.14. The molecule has 1 aliphatic rings. The number of ketones is 1. The van der Waals surface area contributed by atoms with Gasteiger partial charge in [-0.15, -0.1) is 0 Å². The number of nitrogens with two attached hydrogens (primary N) is 1. The Kier molecular flexibility index (Phi) is 2.67. The van der Waals surface area contributed by atoms with Crippen LogP contribution in [-0.2, 0) is 0 Å². The summed E-state index contributed by atoms with van der Waals surface area (Å²) in [7, 11) is 0. The predicted molar refractivity (Wildman–Crippen MR) is 58.2 cm³/mol. The molecule has 0 amide bonds. The number of hydrogen-bond acceptors (Lipinski definition) is 4. The average molecular weight is 272 g/mol. The van der Waals surface area contributed by atoms with E-state index in [-0.39, 0.29) is 12.6 Å². The van der Waals surface area contributed by atoms with Crippen LogP contribution in [0, 0.1) is 0 Å². The number of benzene rings is 1. The van der Waals surface area contributed by atoms with E-state index in [2.05, 4.69) is 15.9 Å². The van der Waals surface area contributed by atoms with E-state index >= 15 is 0 Å². The molecule has 0 spiro atoms. The molecule has 0 bridgehead atoms. The lowest BCUT2D eigenvalue weighted by molar-refractivity contribution is 0.0967. The predicted octanol–water partition coefficient (Wildman–Crippen LogP) is 1.71. The van der Waals surface area contributed by atoms with Crippen LogP contribution in [0.3, 0.4) is 0 Å². The molecule has 1 unspecified atom stereocenters. The second-order valence-corrected chi connectivity index (χ2v) is 4.19. The number of rotatable bonds is 2. The van der Waals surface area contributed by atoms with Gasteiger partial charge in [0.2, 0.25) is 6.79 Å². The highest BCUT2D eigenvalue weighted by atomic mass is 79.9.